The first-order valence-corrected chi connectivity index (χ1v) is 15.5. The van der Waals surface area contributed by atoms with Crippen molar-refractivity contribution in [1.29, 1.82) is 0 Å². The molecule has 8 heteroatoms. The van der Waals surface area contributed by atoms with Crippen LogP contribution in [0.3, 0.4) is 0 Å². The average molecular weight is 571 g/mol. The summed E-state index contributed by atoms with van der Waals surface area (Å²) < 4.78 is 0. The van der Waals surface area contributed by atoms with Crippen molar-refractivity contribution in [3.05, 3.63) is 35.4 Å². The first kappa shape index (κ1) is 34.3. The van der Waals surface area contributed by atoms with Gasteiger partial charge in [-0.3, -0.25) is 19.3 Å². The number of amides is 5. The third-order valence-electron chi connectivity index (χ3n) is 8.16. The summed E-state index contributed by atoms with van der Waals surface area (Å²) in [5, 5.41) is 0. The predicted molar refractivity (Wildman–Crippen MR) is 164 cm³/mol. The zero-order valence-corrected chi connectivity index (χ0v) is 27.1. The molecule has 230 valence electrons. The summed E-state index contributed by atoms with van der Waals surface area (Å²) in [7, 11) is 1.71. The van der Waals surface area contributed by atoms with Crippen molar-refractivity contribution in [3.8, 4) is 0 Å². The van der Waals surface area contributed by atoms with Crippen LogP contribution in [0, 0.1) is 17.8 Å². The smallest absolute Gasteiger partial charge is 0.326 e. The van der Waals surface area contributed by atoms with Crippen LogP contribution in [-0.4, -0.2) is 88.2 Å². The molecule has 0 N–H and O–H groups in total. The van der Waals surface area contributed by atoms with Crippen molar-refractivity contribution in [3.63, 3.8) is 0 Å². The zero-order chi connectivity index (χ0) is 31.0. The lowest BCUT2D eigenvalue weighted by atomic mass is 10.1. The minimum absolute atomic E-state index is 0.00685. The van der Waals surface area contributed by atoms with Gasteiger partial charge in [-0.25, -0.2) is 4.79 Å². The molecule has 1 aromatic rings. The summed E-state index contributed by atoms with van der Waals surface area (Å²) in [5.74, 6) is 0.661. The highest BCUT2D eigenvalue weighted by Gasteiger charge is 2.37. The standard InChI is InChI=1S/C15H21NO.C9H16N2O2.C9H17NO/c1-4-16(15(17)11(2)3)14-9-12-7-5-6-8-13(12)10-14;1-6(2)8(12)11-7(3)5-10(4)9(11)13;1-7(2)9(11)10-6-4-5-8(10)3/h5-8,11,14H,4,9-10H2,1-3H3;6-7H,5H2,1-4H3;7-8H,4-6H2,1-3H3. The lowest BCUT2D eigenvalue weighted by Gasteiger charge is -2.29. The molecule has 4 rings (SSSR count). The monoisotopic (exact) mass is 570 g/mol. The van der Waals surface area contributed by atoms with Gasteiger partial charge in [0.05, 0.1) is 6.04 Å². The van der Waals surface area contributed by atoms with Gasteiger partial charge in [0.15, 0.2) is 0 Å². The van der Waals surface area contributed by atoms with Crippen LogP contribution in [-0.2, 0) is 27.2 Å². The van der Waals surface area contributed by atoms with Crippen LogP contribution in [0.15, 0.2) is 24.3 Å². The molecule has 41 heavy (non-hydrogen) atoms. The van der Waals surface area contributed by atoms with E-state index in [1.54, 1.807) is 25.8 Å². The molecule has 5 amide bonds. The second-order valence-electron chi connectivity index (χ2n) is 12.7. The molecule has 2 heterocycles. The highest BCUT2D eigenvalue weighted by molar-refractivity contribution is 5.97. The van der Waals surface area contributed by atoms with E-state index in [-0.39, 0.29) is 41.6 Å². The number of hydrogen-bond acceptors (Lipinski definition) is 4. The van der Waals surface area contributed by atoms with E-state index in [0.717, 1.165) is 25.9 Å². The molecule has 1 aliphatic carbocycles. The van der Waals surface area contributed by atoms with Crippen LogP contribution in [0.25, 0.3) is 0 Å². The quantitative estimate of drug-likeness (QED) is 0.485. The largest absolute Gasteiger partial charge is 0.340 e. The first-order valence-electron chi connectivity index (χ1n) is 15.5. The van der Waals surface area contributed by atoms with Crippen LogP contribution in [0.1, 0.15) is 86.3 Å². The third-order valence-corrected chi connectivity index (χ3v) is 8.16. The number of likely N-dealkylation sites (N-methyl/N-ethyl adjacent to an activating group) is 2. The minimum Gasteiger partial charge on any atom is -0.340 e. The Morgan fingerprint density at radius 3 is 1.78 bits per heavy atom. The minimum atomic E-state index is -0.175. The van der Waals surface area contributed by atoms with Gasteiger partial charge in [-0.05, 0) is 57.6 Å². The Labute approximate surface area is 248 Å². The van der Waals surface area contributed by atoms with Crippen molar-refractivity contribution in [2.75, 3.05) is 26.7 Å². The lowest BCUT2D eigenvalue weighted by molar-refractivity contribution is -0.136. The topological polar surface area (TPSA) is 81.2 Å². The van der Waals surface area contributed by atoms with Gasteiger partial charge < -0.3 is 14.7 Å². The van der Waals surface area contributed by atoms with Crippen molar-refractivity contribution >= 4 is 23.8 Å². The Kier molecular flexibility index (Phi) is 12.9. The number of carbonyl (C=O) groups excluding carboxylic acids is 4. The van der Waals surface area contributed by atoms with Crippen molar-refractivity contribution in [2.24, 2.45) is 17.8 Å². The molecule has 2 saturated heterocycles. The molecule has 2 atom stereocenters. The number of rotatable bonds is 5. The molecule has 0 spiro atoms. The predicted octanol–water partition coefficient (Wildman–Crippen LogP) is 5.24. The SMILES string of the molecule is CC(C)C(=O)N1C(=O)N(C)CC1C.CC(C)C(=O)N1CCCC1C.CCN(C(=O)C(C)C)C1Cc2ccccc2C1. The highest BCUT2D eigenvalue weighted by Crippen LogP contribution is 2.26. The van der Waals surface area contributed by atoms with E-state index in [4.69, 9.17) is 0 Å². The van der Waals surface area contributed by atoms with Gasteiger partial charge in [-0.2, -0.15) is 0 Å². The van der Waals surface area contributed by atoms with E-state index in [9.17, 15) is 19.2 Å². The lowest BCUT2D eigenvalue weighted by Crippen LogP contribution is -2.42. The summed E-state index contributed by atoms with van der Waals surface area (Å²) >= 11 is 0. The van der Waals surface area contributed by atoms with Crippen LogP contribution < -0.4 is 0 Å². The van der Waals surface area contributed by atoms with E-state index in [0.29, 0.717) is 24.5 Å². The number of likely N-dealkylation sites (tertiary alicyclic amines) is 1. The summed E-state index contributed by atoms with van der Waals surface area (Å²) in [6, 6.07) is 9.21. The molecule has 3 aliphatic rings. The number of hydrogen-bond donors (Lipinski definition) is 0. The average Bonchev–Trinajstić information content (AvgIpc) is 3.61. The second-order valence-corrected chi connectivity index (χ2v) is 12.7. The summed E-state index contributed by atoms with van der Waals surface area (Å²) in [5.41, 5.74) is 2.82. The van der Waals surface area contributed by atoms with Crippen LogP contribution in [0.5, 0.6) is 0 Å². The van der Waals surface area contributed by atoms with Crippen molar-refractivity contribution in [1.82, 2.24) is 19.6 Å². The van der Waals surface area contributed by atoms with Crippen LogP contribution >= 0.6 is 0 Å². The Bertz CT molecular complexity index is 1030. The zero-order valence-electron chi connectivity index (χ0n) is 27.1. The van der Waals surface area contributed by atoms with E-state index < -0.39 is 0 Å². The molecule has 2 fully saturated rings. The normalized spacial score (nSPS) is 20.2. The molecular weight excluding hydrogens is 516 g/mol. The molecule has 0 bridgehead atoms. The van der Waals surface area contributed by atoms with Gasteiger partial charge >= 0.3 is 6.03 Å². The highest BCUT2D eigenvalue weighted by atomic mass is 16.2. The Morgan fingerprint density at radius 2 is 1.41 bits per heavy atom. The molecule has 1 aromatic carbocycles. The molecule has 0 saturated carbocycles. The summed E-state index contributed by atoms with van der Waals surface area (Å²) in [4.78, 5) is 53.7. The van der Waals surface area contributed by atoms with Gasteiger partial charge in [0.1, 0.15) is 0 Å². The fourth-order valence-corrected chi connectivity index (χ4v) is 5.79. The molecule has 0 aromatic heterocycles. The fourth-order valence-electron chi connectivity index (χ4n) is 5.79. The number of nitrogens with zero attached hydrogens (tertiary/aromatic N) is 4. The second kappa shape index (κ2) is 15.4. The molecule has 2 aliphatic heterocycles. The molecule has 0 radical (unpaired) electrons. The Morgan fingerprint density at radius 1 is 0.878 bits per heavy atom. The Balaban J connectivity index is 0.000000221. The maximum absolute atomic E-state index is 12.1. The number of fused-ring (bicyclic) bond motifs is 1. The van der Waals surface area contributed by atoms with Crippen molar-refractivity contribution < 1.29 is 19.2 Å². The van der Waals surface area contributed by atoms with Gasteiger partial charge in [-0.1, -0.05) is 65.8 Å². The molecule has 2 unspecified atom stereocenters. The number of imide groups is 1. The Hall–Kier alpha value is -2.90. The first-order chi connectivity index (χ1) is 19.2. The maximum atomic E-state index is 12.1. The van der Waals surface area contributed by atoms with Crippen molar-refractivity contribution in [2.45, 2.75) is 106 Å². The molecule has 8 nitrogen and oxygen atoms in total. The van der Waals surface area contributed by atoms with Crippen LogP contribution in [0.2, 0.25) is 0 Å². The number of carbonyl (C=O) groups is 4. The fraction of sp³-hybridized carbons (Fsp3) is 0.697. The molecular formula is C33H54N4O4. The number of urea groups is 1. The van der Waals surface area contributed by atoms with E-state index >= 15 is 0 Å². The van der Waals surface area contributed by atoms with Gasteiger partial charge in [0.2, 0.25) is 17.7 Å². The van der Waals surface area contributed by atoms with E-state index in [1.165, 1.54) is 28.9 Å². The summed E-state index contributed by atoms with van der Waals surface area (Å²) in [6.45, 7) is 20.0. The van der Waals surface area contributed by atoms with Crippen LogP contribution in [0.4, 0.5) is 4.79 Å². The summed E-state index contributed by atoms with van der Waals surface area (Å²) in [6.07, 6.45) is 4.39. The van der Waals surface area contributed by atoms with Gasteiger partial charge in [0.25, 0.3) is 0 Å². The maximum Gasteiger partial charge on any atom is 0.326 e. The third kappa shape index (κ3) is 8.79. The number of benzene rings is 1. The van der Waals surface area contributed by atoms with E-state index in [1.807, 2.05) is 44.4 Å². The van der Waals surface area contributed by atoms with E-state index in [2.05, 4.69) is 38.1 Å². The van der Waals surface area contributed by atoms with Gasteiger partial charge in [0, 0.05) is 56.5 Å². The van der Waals surface area contributed by atoms with Gasteiger partial charge in [-0.15, -0.1) is 0 Å².